The van der Waals surface area contributed by atoms with E-state index in [0.29, 0.717) is 46.7 Å². The summed E-state index contributed by atoms with van der Waals surface area (Å²) in [6, 6.07) is 16.2. The number of hydrogen-bond donors (Lipinski definition) is 2. The Labute approximate surface area is 203 Å². The number of ether oxygens (including phenoxy) is 2. The molecule has 0 atom stereocenters. The fourth-order valence-electron chi connectivity index (χ4n) is 4.08. The van der Waals surface area contributed by atoms with Crippen LogP contribution in [0.5, 0.6) is 17.4 Å². The lowest BCUT2D eigenvalue weighted by atomic mass is 10.1. The maximum Gasteiger partial charge on any atom is 0.255 e. The summed E-state index contributed by atoms with van der Waals surface area (Å²) in [5.41, 5.74) is 8.45. The van der Waals surface area contributed by atoms with E-state index in [9.17, 15) is 4.79 Å². The molecule has 0 saturated carbocycles. The van der Waals surface area contributed by atoms with Crippen molar-refractivity contribution < 1.29 is 14.3 Å². The lowest BCUT2D eigenvalue weighted by molar-refractivity contribution is 0.102. The van der Waals surface area contributed by atoms with Gasteiger partial charge in [0.15, 0.2) is 5.65 Å². The third kappa shape index (κ3) is 5.52. The first-order valence-corrected chi connectivity index (χ1v) is 11.7. The van der Waals surface area contributed by atoms with Gasteiger partial charge in [0, 0.05) is 29.9 Å². The van der Waals surface area contributed by atoms with Crippen LogP contribution >= 0.6 is 0 Å². The zero-order chi connectivity index (χ0) is 24.2. The van der Waals surface area contributed by atoms with Gasteiger partial charge in [-0.2, -0.15) is 0 Å². The number of nitrogen functional groups attached to an aromatic ring is 1. The molecule has 1 fully saturated rings. The number of likely N-dealkylation sites (tertiary alicyclic amines) is 1. The Morgan fingerprint density at radius 2 is 1.94 bits per heavy atom. The molecule has 0 radical (unpaired) electrons. The number of imidazole rings is 1. The second kappa shape index (κ2) is 10.0. The normalized spacial score (nSPS) is 13.7. The molecule has 35 heavy (non-hydrogen) atoms. The van der Waals surface area contributed by atoms with Crippen molar-refractivity contribution in [3.63, 3.8) is 0 Å². The highest BCUT2D eigenvalue weighted by Gasteiger charge is 2.13. The summed E-state index contributed by atoms with van der Waals surface area (Å²) in [4.78, 5) is 19.5. The highest BCUT2D eigenvalue weighted by Crippen LogP contribution is 2.27. The second-order valence-corrected chi connectivity index (χ2v) is 8.60. The van der Waals surface area contributed by atoms with Gasteiger partial charge in [0.2, 0.25) is 5.88 Å². The largest absolute Gasteiger partial charge is 0.492 e. The lowest BCUT2D eigenvalue weighted by Crippen LogP contribution is -2.25. The third-order valence-electron chi connectivity index (χ3n) is 5.97. The molecular weight excluding hydrogens is 444 g/mol. The van der Waals surface area contributed by atoms with Gasteiger partial charge >= 0.3 is 0 Å². The number of carbonyl (C=O) groups is 1. The molecule has 9 heteroatoms. The predicted octanol–water partition coefficient (Wildman–Crippen LogP) is 4.14. The first kappa shape index (κ1) is 22.7. The van der Waals surface area contributed by atoms with E-state index >= 15 is 0 Å². The zero-order valence-corrected chi connectivity index (χ0v) is 19.6. The minimum atomic E-state index is -0.219. The minimum absolute atomic E-state index is 0.219. The molecule has 0 bridgehead atoms. The average Bonchev–Trinajstić information content (AvgIpc) is 3.50. The first-order chi connectivity index (χ1) is 17.0. The number of aromatic nitrogens is 3. The van der Waals surface area contributed by atoms with Crippen molar-refractivity contribution in [3.05, 3.63) is 71.9 Å². The maximum absolute atomic E-state index is 13.0. The van der Waals surface area contributed by atoms with Gasteiger partial charge in [-0.1, -0.05) is 12.1 Å². The van der Waals surface area contributed by atoms with E-state index in [4.69, 9.17) is 15.2 Å². The lowest BCUT2D eigenvalue weighted by Gasteiger charge is -2.15. The third-order valence-corrected chi connectivity index (χ3v) is 5.97. The molecule has 2 aromatic carbocycles. The van der Waals surface area contributed by atoms with Crippen molar-refractivity contribution in [2.75, 3.05) is 37.3 Å². The van der Waals surface area contributed by atoms with Gasteiger partial charge in [-0.15, -0.1) is 5.10 Å². The van der Waals surface area contributed by atoms with E-state index in [1.807, 2.05) is 31.2 Å². The summed E-state index contributed by atoms with van der Waals surface area (Å²) in [7, 11) is 0. The van der Waals surface area contributed by atoms with Crippen LogP contribution in [0.4, 0.5) is 11.5 Å². The number of benzene rings is 2. The molecule has 1 aliphatic rings. The van der Waals surface area contributed by atoms with Crippen molar-refractivity contribution >= 4 is 23.1 Å². The number of nitrogens with one attached hydrogen (secondary N) is 1. The molecule has 0 spiro atoms. The number of aryl methyl sites for hydroxylation is 1. The predicted molar refractivity (Wildman–Crippen MR) is 134 cm³/mol. The molecule has 5 rings (SSSR count). The van der Waals surface area contributed by atoms with Crippen LogP contribution in [0.15, 0.2) is 60.8 Å². The van der Waals surface area contributed by atoms with Gasteiger partial charge in [0.1, 0.15) is 23.9 Å². The summed E-state index contributed by atoms with van der Waals surface area (Å²) in [6.45, 7) is 5.71. The number of nitrogens with zero attached hydrogens (tertiary/aromatic N) is 4. The monoisotopic (exact) mass is 472 g/mol. The number of nitrogens with two attached hydrogens (primary N) is 1. The number of hydrogen-bond acceptors (Lipinski definition) is 7. The van der Waals surface area contributed by atoms with Gasteiger partial charge in [-0.25, -0.2) is 9.50 Å². The second-order valence-electron chi connectivity index (χ2n) is 8.60. The van der Waals surface area contributed by atoms with E-state index in [1.54, 1.807) is 41.0 Å². The summed E-state index contributed by atoms with van der Waals surface area (Å²) in [5, 5.41) is 7.34. The fourth-order valence-corrected chi connectivity index (χ4v) is 4.08. The van der Waals surface area contributed by atoms with Crippen molar-refractivity contribution in [2.45, 2.75) is 19.8 Å². The average molecular weight is 473 g/mol. The van der Waals surface area contributed by atoms with E-state index in [2.05, 4.69) is 20.3 Å². The van der Waals surface area contributed by atoms with E-state index in [0.717, 1.165) is 25.2 Å². The summed E-state index contributed by atoms with van der Waals surface area (Å²) in [6.07, 6.45) is 4.13. The molecule has 2 aromatic heterocycles. The quantitative estimate of drug-likeness (QED) is 0.397. The number of rotatable bonds is 8. The van der Waals surface area contributed by atoms with Crippen molar-refractivity contribution in [3.8, 4) is 17.4 Å². The van der Waals surface area contributed by atoms with Crippen LogP contribution in [-0.2, 0) is 0 Å². The maximum atomic E-state index is 13.0. The molecule has 4 aromatic rings. The molecule has 3 heterocycles. The molecule has 0 unspecified atom stereocenters. The molecule has 180 valence electrons. The smallest absolute Gasteiger partial charge is 0.255 e. The molecule has 1 saturated heterocycles. The number of amides is 1. The summed E-state index contributed by atoms with van der Waals surface area (Å²) >= 11 is 0. The Morgan fingerprint density at radius 3 is 2.80 bits per heavy atom. The SMILES string of the molecule is Cc1ccc(Oc2ccc3nc(N)cn3n2)cc1NC(=O)c1cccc(OCCN2CCCC2)c1. The Balaban J connectivity index is 1.24. The van der Waals surface area contributed by atoms with E-state index in [-0.39, 0.29) is 5.91 Å². The van der Waals surface area contributed by atoms with Gasteiger partial charge in [0.05, 0.1) is 6.20 Å². The molecule has 9 nitrogen and oxygen atoms in total. The Kier molecular flexibility index (Phi) is 6.49. The molecule has 1 amide bonds. The van der Waals surface area contributed by atoms with Crippen LogP contribution in [0.2, 0.25) is 0 Å². The summed E-state index contributed by atoms with van der Waals surface area (Å²) in [5.74, 6) is 1.78. The van der Waals surface area contributed by atoms with E-state index < -0.39 is 0 Å². The Hall–Kier alpha value is -4.11. The summed E-state index contributed by atoms with van der Waals surface area (Å²) < 4.78 is 13.4. The highest BCUT2D eigenvalue weighted by atomic mass is 16.5. The molecule has 0 aliphatic carbocycles. The fraction of sp³-hybridized carbons (Fsp3) is 0.269. The van der Waals surface area contributed by atoms with Gasteiger partial charge < -0.3 is 20.5 Å². The molecular formula is C26H28N6O3. The zero-order valence-electron chi connectivity index (χ0n) is 19.6. The molecule has 1 aliphatic heterocycles. The van der Waals surface area contributed by atoms with Crippen molar-refractivity contribution in [1.29, 1.82) is 0 Å². The topological polar surface area (TPSA) is 107 Å². The number of fused-ring (bicyclic) bond motifs is 1. The van der Waals surface area contributed by atoms with Crippen LogP contribution in [-0.4, -0.2) is 51.6 Å². The van der Waals surface area contributed by atoms with Crippen molar-refractivity contribution in [2.24, 2.45) is 0 Å². The molecule has 3 N–H and O–H groups in total. The van der Waals surface area contributed by atoms with Crippen LogP contribution in [0.3, 0.4) is 0 Å². The van der Waals surface area contributed by atoms with E-state index in [1.165, 1.54) is 12.8 Å². The number of carbonyl (C=O) groups excluding carboxylic acids is 1. The Morgan fingerprint density at radius 1 is 1.09 bits per heavy atom. The minimum Gasteiger partial charge on any atom is -0.492 e. The van der Waals surface area contributed by atoms with Crippen LogP contribution < -0.4 is 20.5 Å². The highest BCUT2D eigenvalue weighted by molar-refractivity contribution is 6.05. The first-order valence-electron chi connectivity index (χ1n) is 11.7. The van der Waals surface area contributed by atoms with Crippen molar-refractivity contribution in [1.82, 2.24) is 19.5 Å². The Bertz CT molecular complexity index is 1350. The van der Waals surface area contributed by atoms with Gasteiger partial charge in [-0.05, 0) is 68.8 Å². The van der Waals surface area contributed by atoms with Crippen LogP contribution in [0, 0.1) is 6.92 Å². The van der Waals surface area contributed by atoms with Gasteiger partial charge in [0.25, 0.3) is 5.91 Å². The number of anilines is 2. The standard InChI is InChI=1S/C26H28N6O3/c1-18-7-8-21(35-25-10-9-24-29-23(27)17-32(24)30-25)16-22(18)28-26(33)19-5-4-6-20(15-19)34-14-13-31-11-2-3-12-31/h4-10,15-17H,2-3,11-14,27H2,1H3,(H,28,33). The van der Waals surface area contributed by atoms with Crippen LogP contribution in [0.25, 0.3) is 5.65 Å². The van der Waals surface area contributed by atoms with Crippen LogP contribution in [0.1, 0.15) is 28.8 Å². The van der Waals surface area contributed by atoms with Gasteiger partial charge in [-0.3, -0.25) is 9.69 Å².